The van der Waals surface area contributed by atoms with E-state index in [2.05, 4.69) is 0 Å². The van der Waals surface area contributed by atoms with Crippen molar-refractivity contribution >= 4 is 24.3 Å². The van der Waals surface area contributed by atoms with Crippen molar-refractivity contribution < 1.29 is 70.5 Å². The van der Waals surface area contributed by atoms with E-state index in [9.17, 15) is 26.2 Å². The van der Waals surface area contributed by atoms with Crippen molar-refractivity contribution in [1.82, 2.24) is 0 Å². The summed E-state index contributed by atoms with van der Waals surface area (Å²) in [7, 11) is -11.0. The third-order valence-electron chi connectivity index (χ3n) is 1.39. The van der Waals surface area contributed by atoms with Gasteiger partial charge in [-0.15, -0.1) is 0 Å². The van der Waals surface area contributed by atoms with Gasteiger partial charge in [-0.25, -0.2) is 13.2 Å². The van der Waals surface area contributed by atoms with Crippen LogP contribution in [0.25, 0.3) is 0 Å². The van der Waals surface area contributed by atoms with Gasteiger partial charge in [-0.1, -0.05) is 12.1 Å². The van der Waals surface area contributed by atoms with Crippen molar-refractivity contribution in [2.24, 2.45) is 0 Å². The van der Waals surface area contributed by atoms with Gasteiger partial charge < -0.3 is 14.8 Å². The van der Waals surface area contributed by atoms with Gasteiger partial charge in [0, 0.05) is 0 Å². The Bertz CT molecular complexity index is 604. The summed E-state index contributed by atoms with van der Waals surface area (Å²) in [6.45, 7) is 0. The van der Waals surface area contributed by atoms with E-state index < -0.39 is 24.3 Å². The van der Waals surface area contributed by atoms with E-state index in [1.807, 2.05) is 0 Å². The van der Waals surface area contributed by atoms with Crippen LogP contribution >= 0.6 is 0 Å². The van der Waals surface area contributed by atoms with E-state index in [-0.39, 0.29) is 40.9 Å². The molecule has 0 bridgehead atoms. The number of carbonyl (C=O) groups is 1. The number of carboxylic acid groups (broad SMARTS) is 1. The number of rotatable bonds is 2. The predicted octanol–water partition coefficient (Wildman–Crippen LogP) is -3.57. The molecule has 1 rings (SSSR count). The van der Waals surface area contributed by atoms with E-state index in [1.165, 1.54) is 12.1 Å². The van der Waals surface area contributed by atoms with Crippen LogP contribution in [0.4, 0.5) is 0 Å². The minimum atomic E-state index is -5.56. The summed E-state index contributed by atoms with van der Waals surface area (Å²) in [5.41, 5.74) is -0.0671. The summed E-state index contributed by atoms with van der Waals surface area (Å²) in [5.74, 6) is -1.31. The number of carboxylic acids is 1. The van der Waals surface area contributed by atoms with Crippen LogP contribution in [0.2, 0.25) is 0 Å². The fraction of sp³-hybridized carbons (Fsp3) is 0. The minimum Gasteiger partial charge on any atom is -0.734 e. The zero-order valence-corrected chi connectivity index (χ0v) is 13.1. The van der Waals surface area contributed by atoms with Crippen molar-refractivity contribution in [3.05, 3.63) is 29.8 Å². The van der Waals surface area contributed by atoms with Gasteiger partial charge in [0.1, 0.15) is 11.3 Å². The number of para-hydroxylation sites is 1. The second kappa shape index (κ2) is 7.79. The van der Waals surface area contributed by atoms with Gasteiger partial charge in [-0.2, -0.15) is 8.42 Å². The number of aromatic hydroxyl groups is 1. The molecule has 102 valence electrons. The van der Waals surface area contributed by atoms with Gasteiger partial charge in [-0.05, 0) is 12.1 Å². The van der Waals surface area contributed by atoms with Crippen LogP contribution < -0.4 is 29.6 Å². The molecule has 19 heavy (non-hydrogen) atoms. The Balaban J connectivity index is 0. The first kappa shape index (κ1) is 20.6. The van der Waals surface area contributed by atoms with E-state index in [4.69, 9.17) is 14.8 Å². The Hall–Kier alpha value is -0.690. The predicted molar refractivity (Wildman–Crippen MR) is 56.3 cm³/mol. The second-order valence-corrected chi connectivity index (χ2v) is 6.82. The summed E-state index contributed by atoms with van der Waals surface area (Å²) in [5, 5.41) is 17.3. The van der Waals surface area contributed by atoms with Gasteiger partial charge in [0.25, 0.3) is 0 Å². The molecule has 0 radical (unpaired) electrons. The number of hydrogen-bond donors (Lipinski definition) is 3. The summed E-state index contributed by atoms with van der Waals surface area (Å²) in [6.07, 6.45) is 0. The molecule has 0 unspecified atom stereocenters. The number of hydrogen-bond acceptors (Lipinski definition) is 7. The van der Waals surface area contributed by atoms with E-state index in [0.717, 1.165) is 0 Å². The van der Waals surface area contributed by atoms with Gasteiger partial charge in [0.05, 0.1) is 0 Å². The first-order valence-electron chi connectivity index (χ1n) is 3.91. The zero-order chi connectivity index (χ0) is 14.6. The molecule has 9 nitrogen and oxygen atoms in total. The molecule has 0 heterocycles. The smallest absolute Gasteiger partial charge is 0.734 e. The standard InChI is InChI=1S/C7H6O3.Na.H2O6S2/c8-6-4-2-1-3-5(6)7(9)10;;1-7(2,3)8(4,5)6/h1-4,8H,(H,9,10);;(H,1,2,3)(H,4,5,6)/q;+1;/p-1. The first-order chi connectivity index (χ1) is 7.97. The summed E-state index contributed by atoms with van der Waals surface area (Å²) >= 11 is 0. The molecule has 0 aromatic heterocycles. The Morgan fingerprint density at radius 3 is 1.68 bits per heavy atom. The van der Waals surface area contributed by atoms with Crippen LogP contribution in [-0.2, 0) is 18.3 Å². The zero-order valence-electron chi connectivity index (χ0n) is 9.42. The van der Waals surface area contributed by atoms with Crippen LogP contribution in [0.5, 0.6) is 5.75 Å². The molecule has 0 saturated carbocycles. The Kier molecular flexibility index (Phi) is 8.46. The molecule has 0 aliphatic heterocycles. The summed E-state index contributed by atoms with van der Waals surface area (Å²) < 4.78 is 53.8. The molecular weight excluding hydrogens is 315 g/mol. The monoisotopic (exact) mass is 322 g/mol. The molecule has 0 amide bonds. The van der Waals surface area contributed by atoms with Gasteiger partial charge in [0.15, 0.2) is 0 Å². The first-order valence-corrected chi connectivity index (χ1v) is 7.28. The topological polar surface area (TPSA) is 169 Å². The molecule has 0 aliphatic rings. The maximum Gasteiger partial charge on any atom is 1.00 e. The molecular formula is C7H7NaO9S2. The third kappa shape index (κ3) is 7.47. The molecule has 0 fully saturated rings. The van der Waals surface area contributed by atoms with Crippen LogP contribution in [0.1, 0.15) is 10.4 Å². The van der Waals surface area contributed by atoms with Crippen molar-refractivity contribution in [2.45, 2.75) is 0 Å². The van der Waals surface area contributed by atoms with Crippen molar-refractivity contribution in [3.63, 3.8) is 0 Å². The average Bonchev–Trinajstić information content (AvgIpc) is 2.15. The Labute approximate surface area is 130 Å². The fourth-order valence-corrected chi connectivity index (χ4v) is 0.654. The number of phenols is 1. The van der Waals surface area contributed by atoms with Crippen molar-refractivity contribution in [3.8, 4) is 5.75 Å². The van der Waals surface area contributed by atoms with E-state index in [1.54, 1.807) is 12.1 Å². The van der Waals surface area contributed by atoms with E-state index in [0.29, 0.717) is 0 Å². The Morgan fingerprint density at radius 2 is 1.47 bits per heavy atom. The van der Waals surface area contributed by atoms with Gasteiger partial charge >= 0.3 is 44.7 Å². The van der Waals surface area contributed by atoms with Gasteiger partial charge in [-0.3, -0.25) is 4.55 Å². The molecule has 1 aromatic rings. The SMILES string of the molecule is O=C(O)c1ccccc1O.O=S(=O)([O-])S(=O)(=O)O.[Na+]. The van der Waals surface area contributed by atoms with Crippen LogP contribution in [-0.4, -0.2) is 42.1 Å². The Morgan fingerprint density at radius 1 is 1.11 bits per heavy atom. The second-order valence-electron chi connectivity index (χ2n) is 2.66. The molecule has 3 N–H and O–H groups in total. The van der Waals surface area contributed by atoms with E-state index >= 15 is 0 Å². The molecule has 0 saturated heterocycles. The van der Waals surface area contributed by atoms with Crippen molar-refractivity contribution in [1.29, 1.82) is 0 Å². The minimum absolute atomic E-state index is 0. The maximum atomic E-state index is 10.3. The normalized spacial score (nSPS) is 10.6. The average molecular weight is 322 g/mol. The summed E-state index contributed by atoms with van der Waals surface area (Å²) in [6, 6.07) is 5.81. The molecule has 0 spiro atoms. The number of aromatic carboxylic acids is 1. The largest absolute Gasteiger partial charge is 1.00 e. The molecule has 12 heteroatoms. The van der Waals surface area contributed by atoms with Gasteiger partial charge in [0.2, 0.25) is 9.15 Å². The number of benzene rings is 1. The van der Waals surface area contributed by atoms with Crippen LogP contribution in [0.15, 0.2) is 24.3 Å². The maximum absolute atomic E-state index is 10.3. The van der Waals surface area contributed by atoms with Crippen LogP contribution in [0, 0.1) is 0 Å². The quantitative estimate of drug-likeness (QED) is 0.283. The third-order valence-corrected chi connectivity index (χ3v) is 3.46. The molecule has 0 aliphatic carbocycles. The fourth-order valence-electron chi connectivity index (χ4n) is 0.654. The molecule has 1 aromatic carbocycles. The van der Waals surface area contributed by atoms with Crippen molar-refractivity contribution in [2.75, 3.05) is 0 Å². The summed E-state index contributed by atoms with van der Waals surface area (Å²) in [4.78, 5) is 10.3. The molecule has 0 atom stereocenters. The van der Waals surface area contributed by atoms with Crippen LogP contribution in [0.3, 0.4) is 0 Å².